The first-order valence-corrected chi connectivity index (χ1v) is 6.51. The summed E-state index contributed by atoms with van der Waals surface area (Å²) in [5.41, 5.74) is 1.83. The molecule has 0 aliphatic rings. The normalized spacial score (nSPS) is 13.5. The quantitative estimate of drug-likeness (QED) is 0.864. The molecule has 102 valence electrons. The molecule has 0 saturated carbocycles. The van der Waals surface area contributed by atoms with E-state index in [1.807, 2.05) is 61.3 Å². The number of nitrogens with zero attached hydrogens (tertiary/aromatic N) is 2. The molecular weight excluding hydrogens is 238 g/mol. The second-order valence-corrected chi connectivity index (χ2v) is 5.38. The zero-order valence-corrected chi connectivity index (χ0v) is 11.7. The fourth-order valence-electron chi connectivity index (χ4n) is 1.65. The number of para-hydroxylation sites is 1. The van der Waals surface area contributed by atoms with Crippen LogP contribution in [0.5, 0.6) is 0 Å². The van der Waals surface area contributed by atoms with Crippen LogP contribution in [0.25, 0.3) is 5.69 Å². The van der Waals surface area contributed by atoms with Crippen LogP contribution in [0.1, 0.15) is 26.3 Å². The van der Waals surface area contributed by atoms with E-state index in [9.17, 15) is 5.11 Å². The van der Waals surface area contributed by atoms with Gasteiger partial charge in [0.1, 0.15) is 0 Å². The van der Waals surface area contributed by atoms with Crippen molar-refractivity contribution in [2.24, 2.45) is 0 Å². The van der Waals surface area contributed by atoms with Crippen molar-refractivity contribution in [1.82, 2.24) is 15.1 Å². The van der Waals surface area contributed by atoms with Gasteiger partial charge in [0.2, 0.25) is 0 Å². The number of hydrogen-bond acceptors (Lipinski definition) is 3. The van der Waals surface area contributed by atoms with E-state index < -0.39 is 6.10 Å². The van der Waals surface area contributed by atoms with E-state index in [1.54, 1.807) is 6.92 Å². The number of rotatable bonds is 5. The highest BCUT2D eigenvalue weighted by Crippen LogP contribution is 2.11. The fraction of sp³-hybridized carbons (Fsp3) is 0.400. The van der Waals surface area contributed by atoms with E-state index in [1.165, 1.54) is 0 Å². The Hall–Kier alpha value is -1.65. The SMILES string of the molecule is CC(O)C(C)(C)NCc1cnn(-c2ccccc2)c1. The molecule has 0 aliphatic carbocycles. The van der Waals surface area contributed by atoms with Gasteiger partial charge in [0.05, 0.1) is 18.0 Å². The molecule has 1 unspecified atom stereocenters. The minimum absolute atomic E-state index is 0.311. The number of aliphatic hydroxyl groups is 1. The molecule has 1 aromatic heterocycles. The van der Waals surface area contributed by atoms with E-state index in [-0.39, 0.29) is 5.54 Å². The van der Waals surface area contributed by atoms with Gasteiger partial charge in [-0.05, 0) is 32.9 Å². The average molecular weight is 259 g/mol. The van der Waals surface area contributed by atoms with Crippen LogP contribution in [0.15, 0.2) is 42.7 Å². The highest BCUT2D eigenvalue weighted by Gasteiger charge is 2.23. The highest BCUT2D eigenvalue weighted by molar-refractivity contribution is 5.30. The van der Waals surface area contributed by atoms with Gasteiger partial charge in [-0.25, -0.2) is 4.68 Å². The van der Waals surface area contributed by atoms with Crippen LogP contribution in [0, 0.1) is 0 Å². The Morgan fingerprint density at radius 1 is 1.32 bits per heavy atom. The van der Waals surface area contributed by atoms with Crippen LogP contribution < -0.4 is 5.32 Å². The zero-order valence-electron chi connectivity index (χ0n) is 11.7. The molecule has 0 spiro atoms. The molecule has 0 aliphatic heterocycles. The summed E-state index contributed by atoms with van der Waals surface area (Å²) in [7, 11) is 0. The van der Waals surface area contributed by atoms with Crippen molar-refractivity contribution in [1.29, 1.82) is 0 Å². The smallest absolute Gasteiger partial charge is 0.0688 e. The topological polar surface area (TPSA) is 50.1 Å². The third kappa shape index (κ3) is 3.43. The Morgan fingerprint density at radius 2 is 2.00 bits per heavy atom. The first-order valence-electron chi connectivity index (χ1n) is 6.51. The van der Waals surface area contributed by atoms with Gasteiger partial charge in [0.15, 0.2) is 0 Å². The van der Waals surface area contributed by atoms with Crippen molar-refractivity contribution >= 4 is 0 Å². The van der Waals surface area contributed by atoms with Crippen LogP contribution >= 0.6 is 0 Å². The third-order valence-electron chi connectivity index (χ3n) is 3.45. The van der Waals surface area contributed by atoms with Gasteiger partial charge >= 0.3 is 0 Å². The molecule has 1 aromatic carbocycles. The van der Waals surface area contributed by atoms with Crippen molar-refractivity contribution < 1.29 is 5.11 Å². The minimum Gasteiger partial charge on any atom is -0.392 e. The Labute approximate surface area is 114 Å². The maximum atomic E-state index is 9.66. The van der Waals surface area contributed by atoms with Crippen molar-refractivity contribution in [3.63, 3.8) is 0 Å². The van der Waals surface area contributed by atoms with Gasteiger partial charge in [-0.15, -0.1) is 0 Å². The number of benzene rings is 1. The van der Waals surface area contributed by atoms with Gasteiger partial charge in [0.25, 0.3) is 0 Å². The van der Waals surface area contributed by atoms with Crippen molar-refractivity contribution in [2.45, 2.75) is 39.0 Å². The van der Waals surface area contributed by atoms with Crippen LogP contribution in [-0.2, 0) is 6.54 Å². The molecule has 0 bridgehead atoms. The van der Waals surface area contributed by atoms with Crippen LogP contribution in [0.3, 0.4) is 0 Å². The van der Waals surface area contributed by atoms with Crippen LogP contribution in [0.4, 0.5) is 0 Å². The van der Waals surface area contributed by atoms with Gasteiger partial charge in [-0.2, -0.15) is 5.10 Å². The second kappa shape index (κ2) is 5.55. The molecule has 1 heterocycles. The summed E-state index contributed by atoms with van der Waals surface area (Å²) in [6.45, 7) is 6.45. The molecule has 2 aromatic rings. The Balaban J connectivity index is 2.03. The predicted molar refractivity (Wildman–Crippen MR) is 76.2 cm³/mol. The lowest BCUT2D eigenvalue weighted by Crippen LogP contribution is -2.47. The van der Waals surface area contributed by atoms with E-state index in [0.29, 0.717) is 6.54 Å². The zero-order chi connectivity index (χ0) is 13.9. The number of hydrogen-bond donors (Lipinski definition) is 2. The number of nitrogens with one attached hydrogen (secondary N) is 1. The summed E-state index contributed by atoms with van der Waals surface area (Å²) < 4.78 is 1.85. The van der Waals surface area contributed by atoms with E-state index in [2.05, 4.69) is 10.4 Å². The molecule has 0 amide bonds. The van der Waals surface area contributed by atoms with Gasteiger partial charge < -0.3 is 10.4 Å². The summed E-state index contributed by atoms with van der Waals surface area (Å²) in [4.78, 5) is 0. The Morgan fingerprint density at radius 3 is 2.63 bits per heavy atom. The summed E-state index contributed by atoms with van der Waals surface area (Å²) >= 11 is 0. The lowest BCUT2D eigenvalue weighted by molar-refractivity contribution is 0.0956. The first-order chi connectivity index (χ1) is 8.99. The van der Waals surface area contributed by atoms with E-state index >= 15 is 0 Å². The second-order valence-electron chi connectivity index (χ2n) is 5.38. The fourth-order valence-corrected chi connectivity index (χ4v) is 1.65. The van der Waals surface area contributed by atoms with Gasteiger partial charge in [0, 0.05) is 23.8 Å². The molecule has 0 radical (unpaired) electrons. The van der Waals surface area contributed by atoms with Crippen LogP contribution in [0.2, 0.25) is 0 Å². The Bertz CT molecular complexity index is 517. The standard InChI is InChI=1S/C15H21N3O/c1-12(19)15(2,3)16-9-13-10-17-18(11-13)14-7-5-4-6-8-14/h4-8,10-12,16,19H,9H2,1-3H3. The molecular formula is C15H21N3O. The molecule has 4 nitrogen and oxygen atoms in total. The molecule has 19 heavy (non-hydrogen) atoms. The average Bonchev–Trinajstić information content (AvgIpc) is 2.86. The highest BCUT2D eigenvalue weighted by atomic mass is 16.3. The Kier molecular flexibility index (Phi) is 4.02. The molecule has 2 rings (SSSR count). The molecule has 4 heteroatoms. The maximum absolute atomic E-state index is 9.66. The van der Waals surface area contributed by atoms with E-state index in [0.717, 1.165) is 11.3 Å². The van der Waals surface area contributed by atoms with Crippen molar-refractivity contribution in [3.8, 4) is 5.69 Å². The predicted octanol–water partition coefficient (Wildman–Crippen LogP) is 2.12. The summed E-state index contributed by atoms with van der Waals surface area (Å²) in [6, 6.07) is 10.0. The van der Waals surface area contributed by atoms with Crippen LogP contribution in [-0.4, -0.2) is 26.5 Å². The number of aliphatic hydroxyl groups excluding tert-OH is 1. The summed E-state index contributed by atoms with van der Waals surface area (Å²) in [5, 5.41) is 17.3. The minimum atomic E-state index is -0.406. The van der Waals surface area contributed by atoms with Crippen molar-refractivity contribution in [2.75, 3.05) is 0 Å². The summed E-state index contributed by atoms with van der Waals surface area (Å²) in [5.74, 6) is 0. The molecule has 0 fully saturated rings. The molecule has 0 saturated heterocycles. The summed E-state index contributed by atoms with van der Waals surface area (Å²) in [6.07, 6.45) is 3.44. The van der Waals surface area contributed by atoms with Crippen molar-refractivity contribution in [3.05, 3.63) is 48.3 Å². The molecule has 2 N–H and O–H groups in total. The third-order valence-corrected chi connectivity index (χ3v) is 3.45. The molecule has 1 atom stereocenters. The largest absolute Gasteiger partial charge is 0.392 e. The lowest BCUT2D eigenvalue weighted by atomic mass is 9.99. The van der Waals surface area contributed by atoms with E-state index in [4.69, 9.17) is 0 Å². The number of aromatic nitrogens is 2. The monoisotopic (exact) mass is 259 g/mol. The first kappa shape index (κ1) is 13.8. The maximum Gasteiger partial charge on any atom is 0.0688 e. The van der Waals surface area contributed by atoms with Gasteiger partial charge in [-0.3, -0.25) is 0 Å². The van der Waals surface area contributed by atoms with Gasteiger partial charge in [-0.1, -0.05) is 18.2 Å². The lowest BCUT2D eigenvalue weighted by Gasteiger charge is -2.29.